The molecule has 0 saturated carbocycles. The molecule has 2 fully saturated rings. The van der Waals surface area contributed by atoms with Crippen LogP contribution in [0.4, 0.5) is 5.69 Å². The fraction of sp³-hybridized carbons (Fsp3) is 0.393. The van der Waals surface area contributed by atoms with E-state index in [1.165, 1.54) is 4.90 Å². The zero-order valence-electron chi connectivity index (χ0n) is 20.7. The summed E-state index contributed by atoms with van der Waals surface area (Å²) in [5.74, 6) is -2.30. The second-order valence-corrected chi connectivity index (χ2v) is 9.46. The molecule has 1 atom stereocenters. The highest BCUT2D eigenvalue weighted by Crippen LogP contribution is 2.53. The number of para-hydroxylation sites is 1. The third-order valence-corrected chi connectivity index (χ3v) is 7.41. The molecule has 8 nitrogen and oxygen atoms in total. The number of ketones is 1. The first-order valence-electron chi connectivity index (χ1n) is 12.5. The second kappa shape index (κ2) is 9.52. The van der Waals surface area contributed by atoms with E-state index in [-0.39, 0.29) is 23.8 Å². The van der Waals surface area contributed by atoms with Gasteiger partial charge in [-0.2, -0.15) is 0 Å². The van der Waals surface area contributed by atoms with Crippen molar-refractivity contribution in [1.29, 1.82) is 0 Å². The Morgan fingerprint density at radius 3 is 2.39 bits per heavy atom. The van der Waals surface area contributed by atoms with Gasteiger partial charge < -0.3 is 19.6 Å². The van der Waals surface area contributed by atoms with Crippen LogP contribution in [-0.2, 0) is 24.7 Å². The molecular formula is C28H31N3O5. The van der Waals surface area contributed by atoms with Crippen LogP contribution in [0.5, 0.6) is 0 Å². The average Bonchev–Trinajstić information content (AvgIpc) is 3.27. The molecule has 2 aromatic rings. The number of rotatable bonds is 6. The number of likely N-dealkylation sites (tertiary alicyclic amines) is 1. The van der Waals surface area contributed by atoms with Gasteiger partial charge in [0.2, 0.25) is 0 Å². The van der Waals surface area contributed by atoms with Crippen molar-refractivity contribution in [3.05, 3.63) is 70.8 Å². The Hall–Kier alpha value is -3.49. The number of benzene rings is 2. The Balaban J connectivity index is 1.64. The summed E-state index contributed by atoms with van der Waals surface area (Å²) < 4.78 is 5.42. The molecule has 5 rings (SSSR count). The van der Waals surface area contributed by atoms with Crippen LogP contribution in [0.25, 0.3) is 5.76 Å². The molecule has 0 aromatic heterocycles. The van der Waals surface area contributed by atoms with Crippen molar-refractivity contribution in [1.82, 2.24) is 9.80 Å². The molecule has 3 aliphatic heterocycles. The molecule has 8 heteroatoms. The predicted octanol–water partition coefficient (Wildman–Crippen LogP) is 2.66. The van der Waals surface area contributed by atoms with Crippen molar-refractivity contribution in [2.45, 2.75) is 25.8 Å². The Morgan fingerprint density at radius 1 is 1.00 bits per heavy atom. The van der Waals surface area contributed by atoms with Gasteiger partial charge in [-0.15, -0.1) is 0 Å². The van der Waals surface area contributed by atoms with Gasteiger partial charge in [-0.3, -0.25) is 19.3 Å². The van der Waals surface area contributed by atoms with Crippen molar-refractivity contribution >= 4 is 29.0 Å². The second-order valence-electron chi connectivity index (χ2n) is 9.46. The van der Waals surface area contributed by atoms with Gasteiger partial charge in [0.15, 0.2) is 5.54 Å². The molecule has 0 radical (unpaired) electrons. The first-order chi connectivity index (χ1) is 17.4. The van der Waals surface area contributed by atoms with Gasteiger partial charge in [-0.05, 0) is 26.3 Å². The molecule has 2 aromatic carbocycles. The lowest BCUT2D eigenvalue weighted by molar-refractivity contribution is -0.143. The molecule has 36 heavy (non-hydrogen) atoms. The number of aryl methyl sites for hydroxylation is 1. The first-order valence-corrected chi connectivity index (χ1v) is 12.5. The molecule has 3 aliphatic rings. The van der Waals surface area contributed by atoms with Gasteiger partial charge in [0.25, 0.3) is 17.6 Å². The van der Waals surface area contributed by atoms with Crippen molar-refractivity contribution in [2.24, 2.45) is 0 Å². The highest BCUT2D eigenvalue weighted by atomic mass is 16.5. The number of hydrogen-bond acceptors (Lipinski definition) is 6. The van der Waals surface area contributed by atoms with E-state index in [1.54, 1.807) is 29.2 Å². The monoisotopic (exact) mass is 489 g/mol. The number of anilines is 1. The van der Waals surface area contributed by atoms with E-state index < -0.39 is 17.2 Å². The number of amides is 2. The molecule has 1 unspecified atom stereocenters. The molecule has 2 amide bonds. The summed E-state index contributed by atoms with van der Waals surface area (Å²) in [5, 5.41) is 11.5. The number of aliphatic hydroxyl groups excluding tert-OH is 1. The maximum atomic E-state index is 14.2. The van der Waals surface area contributed by atoms with Crippen LogP contribution in [0, 0.1) is 6.92 Å². The molecule has 2 saturated heterocycles. The van der Waals surface area contributed by atoms with E-state index in [0.717, 1.165) is 18.7 Å². The quantitative estimate of drug-likeness (QED) is 0.381. The summed E-state index contributed by atoms with van der Waals surface area (Å²) in [5.41, 5.74) is 0.740. The van der Waals surface area contributed by atoms with Gasteiger partial charge in [-0.25, -0.2) is 0 Å². The number of aliphatic hydroxyl groups is 1. The minimum atomic E-state index is -1.69. The summed E-state index contributed by atoms with van der Waals surface area (Å²) in [7, 11) is 0. The normalized spacial score (nSPS) is 23.7. The Morgan fingerprint density at radius 2 is 1.69 bits per heavy atom. The van der Waals surface area contributed by atoms with Crippen LogP contribution in [0.1, 0.15) is 30.0 Å². The van der Waals surface area contributed by atoms with Gasteiger partial charge >= 0.3 is 0 Å². The lowest BCUT2D eigenvalue weighted by Crippen LogP contribution is -2.52. The Labute approximate surface area is 210 Å². The maximum Gasteiger partial charge on any atom is 0.296 e. The van der Waals surface area contributed by atoms with Crippen LogP contribution in [0.2, 0.25) is 0 Å². The molecular weight excluding hydrogens is 458 g/mol. The van der Waals surface area contributed by atoms with E-state index in [9.17, 15) is 19.5 Å². The molecule has 1 spiro atoms. The smallest absolute Gasteiger partial charge is 0.296 e. The first kappa shape index (κ1) is 24.2. The summed E-state index contributed by atoms with van der Waals surface area (Å²) >= 11 is 0. The Kier molecular flexibility index (Phi) is 6.40. The van der Waals surface area contributed by atoms with Crippen molar-refractivity contribution in [3.8, 4) is 0 Å². The third-order valence-electron chi connectivity index (χ3n) is 7.41. The fourth-order valence-electron chi connectivity index (χ4n) is 5.61. The van der Waals surface area contributed by atoms with E-state index in [0.29, 0.717) is 49.5 Å². The minimum absolute atomic E-state index is 0.156. The maximum absolute atomic E-state index is 14.2. The number of likely N-dealkylation sites (N-methyl/N-ethyl adjacent to an activating group) is 1. The van der Waals surface area contributed by atoms with E-state index in [1.807, 2.05) is 38.1 Å². The van der Waals surface area contributed by atoms with Crippen LogP contribution in [0.3, 0.4) is 0 Å². The van der Waals surface area contributed by atoms with Crippen molar-refractivity contribution in [3.63, 3.8) is 0 Å². The predicted molar refractivity (Wildman–Crippen MR) is 135 cm³/mol. The summed E-state index contributed by atoms with van der Waals surface area (Å²) in [6.45, 7) is 8.03. The zero-order valence-corrected chi connectivity index (χ0v) is 20.7. The number of fused-ring (bicyclic) bond motifs is 2. The van der Waals surface area contributed by atoms with E-state index >= 15 is 0 Å². The summed E-state index contributed by atoms with van der Waals surface area (Å²) in [6.07, 6.45) is 0.584. The van der Waals surface area contributed by atoms with Crippen LogP contribution >= 0.6 is 0 Å². The molecule has 3 heterocycles. The van der Waals surface area contributed by atoms with Gasteiger partial charge in [-0.1, -0.05) is 48.0 Å². The number of hydrogen-bond donors (Lipinski definition) is 1. The van der Waals surface area contributed by atoms with Gasteiger partial charge in [0.05, 0.1) is 24.5 Å². The SMILES string of the molecule is CCN1C(=O)C2(/C(=C(\O)c3ccc(C)cc3)C(=O)C(=O)N2CCCN2CCOCC2)c2ccccc21. The Bertz CT molecular complexity index is 1230. The van der Waals surface area contributed by atoms with Gasteiger partial charge in [0, 0.05) is 43.9 Å². The number of ether oxygens (including phenoxy) is 1. The standard InChI is InChI=1S/C28H31N3O5/c1-3-30-22-8-5-4-7-21(22)28(27(30)35)23(24(32)20-11-9-19(2)10-12-20)25(33)26(34)31(28)14-6-13-29-15-17-36-18-16-29/h4-5,7-12,32H,3,6,13-18H2,1-2H3/b24-23-. The fourth-order valence-corrected chi connectivity index (χ4v) is 5.61. The van der Waals surface area contributed by atoms with E-state index in [4.69, 9.17) is 4.74 Å². The number of carbonyl (C=O) groups is 3. The molecule has 1 N–H and O–H groups in total. The lowest BCUT2D eigenvalue weighted by Gasteiger charge is -2.35. The van der Waals surface area contributed by atoms with Crippen LogP contribution in [-0.4, -0.2) is 78.4 Å². The van der Waals surface area contributed by atoms with Crippen LogP contribution in [0.15, 0.2) is 54.1 Å². The number of morpholine rings is 1. The van der Waals surface area contributed by atoms with Crippen molar-refractivity contribution in [2.75, 3.05) is 50.8 Å². The summed E-state index contributed by atoms with van der Waals surface area (Å²) in [4.78, 5) is 46.5. The van der Waals surface area contributed by atoms with Gasteiger partial charge in [0.1, 0.15) is 5.76 Å². The lowest BCUT2D eigenvalue weighted by atomic mass is 9.81. The highest BCUT2D eigenvalue weighted by molar-refractivity contribution is 6.50. The number of Topliss-reactive ketones (excluding diaryl/α,β-unsaturated/α-hetero) is 1. The zero-order chi connectivity index (χ0) is 25.4. The number of carbonyl (C=O) groups excluding carboxylic acids is 3. The van der Waals surface area contributed by atoms with E-state index in [2.05, 4.69) is 4.90 Å². The topological polar surface area (TPSA) is 90.4 Å². The van der Waals surface area contributed by atoms with Crippen LogP contribution < -0.4 is 4.90 Å². The minimum Gasteiger partial charge on any atom is -0.507 e. The third kappa shape index (κ3) is 3.63. The molecule has 0 aliphatic carbocycles. The molecule has 188 valence electrons. The number of nitrogens with zero attached hydrogens (tertiary/aromatic N) is 3. The average molecular weight is 490 g/mol. The largest absolute Gasteiger partial charge is 0.507 e. The van der Waals surface area contributed by atoms with Crippen molar-refractivity contribution < 1.29 is 24.2 Å². The molecule has 0 bridgehead atoms. The summed E-state index contributed by atoms with van der Waals surface area (Å²) in [6, 6.07) is 14.3. The highest BCUT2D eigenvalue weighted by Gasteiger charge is 2.66.